The Hall–Kier alpha value is -0.600. The maximum absolute atomic E-state index is 11.9. The number of carboxylic acid groups (broad SMARTS) is 1. The molecule has 0 saturated carbocycles. The van der Waals surface area contributed by atoms with Crippen LogP contribution in [-0.2, 0) is 19.6 Å². The standard InChI is InChI=1S/C9H15NO5S2/c1-7(11)16-5-6-17(14,15)10-4-2-3-8(10)9(12)13/h8H,2-6H2,1H3,(H,12,13)/t8-/m0/s1. The van der Waals surface area contributed by atoms with Crippen molar-refractivity contribution in [2.24, 2.45) is 0 Å². The number of hydrogen-bond donors (Lipinski definition) is 1. The number of thioether (sulfide) groups is 1. The molecule has 1 fully saturated rings. The predicted octanol–water partition coefficient (Wildman–Crippen LogP) is 0.145. The van der Waals surface area contributed by atoms with Gasteiger partial charge in [0, 0.05) is 19.2 Å². The summed E-state index contributed by atoms with van der Waals surface area (Å²) < 4.78 is 24.8. The van der Waals surface area contributed by atoms with Gasteiger partial charge in [0.2, 0.25) is 10.0 Å². The summed E-state index contributed by atoms with van der Waals surface area (Å²) in [4.78, 5) is 21.6. The van der Waals surface area contributed by atoms with Crippen molar-refractivity contribution in [2.45, 2.75) is 25.8 Å². The van der Waals surface area contributed by atoms with E-state index in [1.54, 1.807) is 0 Å². The second-order valence-electron chi connectivity index (χ2n) is 3.76. The average Bonchev–Trinajstić information content (AvgIpc) is 2.65. The molecule has 0 spiro atoms. The van der Waals surface area contributed by atoms with E-state index in [4.69, 9.17) is 5.11 Å². The number of hydrogen-bond acceptors (Lipinski definition) is 5. The van der Waals surface area contributed by atoms with Crippen LogP contribution in [-0.4, -0.2) is 53.0 Å². The minimum absolute atomic E-state index is 0.142. The van der Waals surface area contributed by atoms with Gasteiger partial charge in [0.05, 0.1) is 5.75 Å². The first-order valence-corrected chi connectivity index (χ1v) is 7.80. The van der Waals surface area contributed by atoms with E-state index in [1.807, 2.05) is 0 Å². The molecular weight excluding hydrogens is 266 g/mol. The number of nitrogens with zero attached hydrogens (tertiary/aromatic N) is 1. The second-order valence-corrected chi connectivity index (χ2v) is 7.08. The van der Waals surface area contributed by atoms with Crippen LogP contribution in [0.5, 0.6) is 0 Å². The summed E-state index contributed by atoms with van der Waals surface area (Å²) in [5.74, 6) is -1.13. The van der Waals surface area contributed by atoms with Crippen molar-refractivity contribution >= 4 is 32.9 Å². The van der Waals surface area contributed by atoms with Gasteiger partial charge in [-0.1, -0.05) is 11.8 Å². The van der Waals surface area contributed by atoms with Gasteiger partial charge in [-0.05, 0) is 12.8 Å². The van der Waals surface area contributed by atoms with Gasteiger partial charge in [0.25, 0.3) is 0 Å². The van der Waals surface area contributed by atoms with E-state index >= 15 is 0 Å². The van der Waals surface area contributed by atoms with E-state index in [0.29, 0.717) is 12.8 Å². The van der Waals surface area contributed by atoms with Crippen LogP contribution < -0.4 is 0 Å². The van der Waals surface area contributed by atoms with E-state index in [9.17, 15) is 18.0 Å². The summed E-state index contributed by atoms with van der Waals surface area (Å²) >= 11 is 0.934. The minimum atomic E-state index is -3.57. The molecule has 0 aliphatic carbocycles. The van der Waals surface area contributed by atoms with Crippen LogP contribution in [0.3, 0.4) is 0 Å². The van der Waals surface area contributed by atoms with Crippen LogP contribution >= 0.6 is 11.8 Å². The summed E-state index contributed by atoms with van der Waals surface area (Å²) in [6.45, 7) is 1.62. The Bertz CT molecular complexity index is 406. The van der Waals surface area contributed by atoms with Crippen LogP contribution in [0, 0.1) is 0 Å². The summed E-state index contributed by atoms with van der Waals surface area (Å²) in [5.41, 5.74) is 0. The van der Waals surface area contributed by atoms with Crippen molar-refractivity contribution in [1.29, 1.82) is 0 Å². The Labute approximate surface area is 104 Å². The molecule has 1 rings (SSSR count). The van der Waals surface area contributed by atoms with Gasteiger partial charge in [-0.15, -0.1) is 0 Å². The van der Waals surface area contributed by atoms with E-state index in [0.717, 1.165) is 16.1 Å². The SMILES string of the molecule is CC(=O)SCCS(=O)(=O)N1CCC[C@H]1C(=O)O. The van der Waals surface area contributed by atoms with Gasteiger partial charge in [-0.25, -0.2) is 8.42 Å². The van der Waals surface area contributed by atoms with Crippen LogP contribution in [0.15, 0.2) is 0 Å². The second kappa shape index (κ2) is 5.83. The third-order valence-electron chi connectivity index (χ3n) is 2.49. The Balaban J connectivity index is 2.63. The van der Waals surface area contributed by atoms with Crippen molar-refractivity contribution in [3.05, 3.63) is 0 Å². The molecule has 8 heteroatoms. The molecule has 0 aromatic carbocycles. The van der Waals surface area contributed by atoms with Crippen LogP contribution in [0.1, 0.15) is 19.8 Å². The summed E-state index contributed by atoms with van der Waals surface area (Å²) in [6.07, 6.45) is 0.921. The number of aliphatic carboxylic acids is 1. The fraction of sp³-hybridized carbons (Fsp3) is 0.778. The molecule has 98 valence electrons. The highest BCUT2D eigenvalue weighted by Crippen LogP contribution is 2.22. The molecule has 0 aromatic rings. The third kappa shape index (κ3) is 3.97. The number of rotatable bonds is 5. The summed E-state index contributed by atoms with van der Waals surface area (Å²) in [6, 6.07) is -0.942. The molecular formula is C9H15NO5S2. The molecule has 6 nitrogen and oxygen atoms in total. The smallest absolute Gasteiger partial charge is 0.322 e. The van der Waals surface area contributed by atoms with Crippen LogP contribution in [0.4, 0.5) is 0 Å². The monoisotopic (exact) mass is 281 g/mol. The molecule has 0 bridgehead atoms. The van der Waals surface area contributed by atoms with Crippen molar-refractivity contribution in [3.8, 4) is 0 Å². The molecule has 1 saturated heterocycles. The first-order valence-electron chi connectivity index (χ1n) is 5.20. The molecule has 1 aliphatic rings. The molecule has 0 aromatic heterocycles. The molecule has 17 heavy (non-hydrogen) atoms. The largest absolute Gasteiger partial charge is 0.480 e. The quantitative estimate of drug-likeness (QED) is 0.771. The zero-order valence-corrected chi connectivity index (χ0v) is 11.1. The highest BCUT2D eigenvalue weighted by molar-refractivity contribution is 8.14. The predicted molar refractivity (Wildman–Crippen MR) is 64.3 cm³/mol. The zero-order chi connectivity index (χ0) is 13.1. The van der Waals surface area contributed by atoms with Crippen molar-refractivity contribution in [2.75, 3.05) is 18.1 Å². The van der Waals surface area contributed by atoms with E-state index < -0.39 is 22.0 Å². The normalized spacial score (nSPS) is 21.6. The van der Waals surface area contributed by atoms with Gasteiger partial charge in [0.15, 0.2) is 5.12 Å². The van der Waals surface area contributed by atoms with Gasteiger partial charge < -0.3 is 5.11 Å². The molecule has 1 heterocycles. The van der Waals surface area contributed by atoms with E-state index in [2.05, 4.69) is 0 Å². The first kappa shape index (κ1) is 14.5. The van der Waals surface area contributed by atoms with Gasteiger partial charge in [0.1, 0.15) is 6.04 Å². The molecule has 1 aliphatic heterocycles. The highest BCUT2D eigenvalue weighted by Gasteiger charge is 2.38. The maximum Gasteiger partial charge on any atom is 0.322 e. The minimum Gasteiger partial charge on any atom is -0.480 e. The topological polar surface area (TPSA) is 91.8 Å². The summed E-state index contributed by atoms with van der Waals surface area (Å²) in [7, 11) is -3.57. The van der Waals surface area contributed by atoms with Crippen molar-refractivity contribution < 1.29 is 23.1 Å². The molecule has 0 unspecified atom stereocenters. The van der Waals surface area contributed by atoms with Gasteiger partial charge >= 0.3 is 5.97 Å². The van der Waals surface area contributed by atoms with Crippen molar-refractivity contribution in [1.82, 2.24) is 4.31 Å². The molecule has 0 amide bonds. The summed E-state index contributed by atoms with van der Waals surface area (Å²) in [5, 5.41) is 8.75. The van der Waals surface area contributed by atoms with Crippen LogP contribution in [0.25, 0.3) is 0 Å². The Morgan fingerprint density at radius 1 is 1.47 bits per heavy atom. The number of carboxylic acids is 1. The number of carbonyl (C=O) groups is 2. The lowest BCUT2D eigenvalue weighted by Gasteiger charge is -2.20. The Kier molecular flexibility index (Phi) is 4.96. The maximum atomic E-state index is 11.9. The fourth-order valence-corrected chi connectivity index (χ4v) is 4.42. The molecule has 1 N–H and O–H groups in total. The number of sulfonamides is 1. The Morgan fingerprint density at radius 3 is 2.65 bits per heavy atom. The lowest BCUT2D eigenvalue weighted by atomic mass is 10.2. The first-order chi connectivity index (χ1) is 7.84. The van der Waals surface area contributed by atoms with E-state index in [-0.39, 0.29) is 23.2 Å². The highest BCUT2D eigenvalue weighted by atomic mass is 32.2. The number of carbonyl (C=O) groups excluding carboxylic acids is 1. The van der Waals surface area contributed by atoms with Crippen molar-refractivity contribution in [3.63, 3.8) is 0 Å². The zero-order valence-electron chi connectivity index (χ0n) is 9.46. The van der Waals surface area contributed by atoms with E-state index in [1.165, 1.54) is 6.92 Å². The molecule has 1 atom stereocenters. The lowest BCUT2D eigenvalue weighted by Crippen LogP contribution is -2.41. The lowest BCUT2D eigenvalue weighted by molar-refractivity contribution is -0.140. The van der Waals surface area contributed by atoms with Gasteiger partial charge in [-0.2, -0.15) is 4.31 Å². The Morgan fingerprint density at radius 2 is 2.12 bits per heavy atom. The fourth-order valence-electron chi connectivity index (χ4n) is 1.73. The third-order valence-corrected chi connectivity index (χ3v) is 5.44. The average molecular weight is 281 g/mol. The van der Waals surface area contributed by atoms with Crippen LogP contribution in [0.2, 0.25) is 0 Å². The van der Waals surface area contributed by atoms with Gasteiger partial charge in [-0.3, -0.25) is 9.59 Å². The molecule has 0 radical (unpaired) electrons.